The molecule has 3 heterocycles. The third-order valence-electron chi connectivity index (χ3n) is 8.28. The largest absolute Gasteiger partial charge is 0.353 e. The zero-order chi connectivity index (χ0) is 28.9. The van der Waals surface area contributed by atoms with E-state index in [0.717, 1.165) is 22.4 Å². The van der Waals surface area contributed by atoms with Crippen LogP contribution in [0.3, 0.4) is 0 Å². The summed E-state index contributed by atoms with van der Waals surface area (Å²) < 4.78 is 0. The lowest BCUT2D eigenvalue weighted by Gasteiger charge is -2.30. The smallest absolute Gasteiger partial charge is 0.250 e. The molecule has 0 radical (unpaired) electrons. The van der Waals surface area contributed by atoms with Crippen molar-refractivity contribution in [3.63, 3.8) is 0 Å². The second-order valence-corrected chi connectivity index (χ2v) is 11.1. The topological polar surface area (TPSA) is 144 Å². The molecule has 11 nitrogen and oxygen atoms in total. The van der Waals surface area contributed by atoms with Crippen LogP contribution in [-0.2, 0) is 38.4 Å². The second-order valence-electron chi connectivity index (χ2n) is 11.1. The summed E-state index contributed by atoms with van der Waals surface area (Å²) in [4.78, 5) is 55.4. The van der Waals surface area contributed by atoms with Gasteiger partial charge in [-0.2, -0.15) is 5.53 Å². The summed E-state index contributed by atoms with van der Waals surface area (Å²) in [5.41, 5.74) is 12.4. The van der Waals surface area contributed by atoms with Crippen LogP contribution < -0.4 is 37.2 Å². The van der Waals surface area contributed by atoms with E-state index in [2.05, 4.69) is 32.3 Å². The van der Waals surface area contributed by atoms with Crippen LogP contribution in [0.5, 0.6) is 0 Å². The van der Waals surface area contributed by atoms with E-state index in [1.54, 1.807) is 4.90 Å². The molecule has 0 aliphatic carbocycles. The van der Waals surface area contributed by atoms with Crippen LogP contribution >= 0.6 is 0 Å². The Morgan fingerprint density at radius 2 is 1.85 bits per heavy atom. The van der Waals surface area contributed by atoms with E-state index in [0.29, 0.717) is 38.8 Å². The van der Waals surface area contributed by atoms with Gasteiger partial charge in [0.2, 0.25) is 23.6 Å². The first-order valence-electron chi connectivity index (χ1n) is 14.4. The minimum absolute atomic E-state index is 0.0275. The van der Waals surface area contributed by atoms with E-state index in [9.17, 15) is 19.2 Å². The molecule has 5 atom stereocenters. The number of para-hydroxylation sites is 1. The summed E-state index contributed by atoms with van der Waals surface area (Å²) in [6.07, 6.45) is 2.24. The van der Waals surface area contributed by atoms with Gasteiger partial charge in [0.05, 0.1) is 18.2 Å². The first-order chi connectivity index (χ1) is 19.9. The van der Waals surface area contributed by atoms with Gasteiger partial charge in [0.25, 0.3) is 0 Å². The predicted molar refractivity (Wildman–Crippen MR) is 154 cm³/mol. The van der Waals surface area contributed by atoms with E-state index in [-0.39, 0.29) is 36.1 Å². The zero-order valence-electron chi connectivity index (χ0n) is 23.5. The molecule has 41 heavy (non-hydrogen) atoms. The van der Waals surface area contributed by atoms with Crippen LogP contribution in [0.2, 0.25) is 0 Å². The fraction of sp³-hybridized carbons (Fsp3) is 0.467. The maximum Gasteiger partial charge on any atom is 0.250 e. The lowest BCUT2D eigenvalue weighted by Crippen LogP contribution is -2.58. The first-order valence-corrected chi connectivity index (χ1v) is 14.4. The molecule has 2 aromatic carbocycles. The normalized spacial score (nSPS) is 22.8. The zero-order valence-corrected chi connectivity index (χ0v) is 23.5. The monoisotopic (exact) mass is 561 g/mol. The van der Waals surface area contributed by atoms with Gasteiger partial charge in [-0.15, -0.1) is 0 Å². The summed E-state index contributed by atoms with van der Waals surface area (Å²) in [5, 5.41) is 8.83. The number of nitrogens with one attached hydrogen (secondary N) is 6. The summed E-state index contributed by atoms with van der Waals surface area (Å²) in [6, 6.07) is 13.0. The molecule has 1 fully saturated rings. The average Bonchev–Trinajstić information content (AvgIpc) is 3.62. The molecule has 0 spiro atoms. The molecule has 3 aliphatic heterocycles. The first kappa shape index (κ1) is 28.7. The number of hydrogen-bond donors (Lipinski definition) is 6. The number of benzene rings is 2. The van der Waals surface area contributed by atoms with Gasteiger partial charge in [-0.25, -0.2) is 10.9 Å². The van der Waals surface area contributed by atoms with Crippen molar-refractivity contribution in [3.8, 4) is 0 Å². The Morgan fingerprint density at radius 3 is 2.59 bits per heavy atom. The standard InChI is InChI=1S/C30H39N7O4/c1-3-18(2)26(34-25(38)14-19-8-5-4-6-9-19)29(40)33-23-13-12-20-10-7-11-21-15-24(37(27(20)21)30(23)41)28(39)31-16-22-17-32-36-35-22/h4-11,18,22-24,26,32,35-36H,3,12-17H2,1-2H3,(H,31,39)(H,33,40)(H,34,38)/t18-,22?,23-,24-,26-/m0/s1. The molecule has 218 valence electrons. The van der Waals surface area contributed by atoms with Crippen molar-refractivity contribution in [2.75, 3.05) is 18.0 Å². The Balaban J connectivity index is 1.30. The number of aryl methyl sites for hydroxylation is 1. The number of anilines is 1. The molecule has 0 saturated carbocycles. The van der Waals surface area contributed by atoms with Gasteiger partial charge in [-0.3, -0.25) is 24.1 Å². The lowest BCUT2D eigenvalue weighted by molar-refractivity contribution is -0.133. The summed E-state index contributed by atoms with van der Waals surface area (Å²) in [6.45, 7) is 4.93. The average molecular weight is 562 g/mol. The van der Waals surface area contributed by atoms with Gasteiger partial charge >= 0.3 is 0 Å². The molecule has 2 aromatic rings. The van der Waals surface area contributed by atoms with Crippen molar-refractivity contribution < 1.29 is 19.2 Å². The summed E-state index contributed by atoms with van der Waals surface area (Å²) in [7, 11) is 0. The molecule has 0 aromatic heterocycles. The third-order valence-corrected chi connectivity index (χ3v) is 8.28. The molecule has 6 N–H and O–H groups in total. The van der Waals surface area contributed by atoms with E-state index in [1.807, 2.05) is 62.4 Å². The highest BCUT2D eigenvalue weighted by Gasteiger charge is 2.44. The van der Waals surface area contributed by atoms with Gasteiger partial charge in [-0.1, -0.05) is 68.8 Å². The van der Waals surface area contributed by atoms with Crippen molar-refractivity contribution >= 4 is 29.3 Å². The maximum atomic E-state index is 14.0. The Bertz CT molecular complexity index is 1280. The quantitative estimate of drug-likeness (QED) is 0.244. The van der Waals surface area contributed by atoms with Crippen LogP contribution in [0.1, 0.15) is 43.4 Å². The van der Waals surface area contributed by atoms with Gasteiger partial charge in [0.15, 0.2) is 0 Å². The highest BCUT2D eigenvalue weighted by atomic mass is 16.2. The molecule has 1 saturated heterocycles. The number of amides is 4. The number of rotatable bonds is 10. The van der Waals surface area contributed by atoms with Crippen LogP contribution in [0.4, 0.5) is 5.69 Å². The van der Waals surface area contributed by atoms with Crippen LogP contribution in [-0.4, -0.2) is 60.9 Å². The maximum absolute atomic E-state index is 14.0. The van der Waals surface area contributed by atoms with Crippen molar-refractivity contribution in [1.82, 2.24) is 32.3 Å². The van der Waals surface area contributed by atoms with Gasteiger partial charge < -0.3 is 16.0 Å². The van der Waals surface area contributed by atoms with Gasteiger partial charge in [0.1, 0.15) is 18.1 Å². The summed E-state index contributed by atoms with van der Waals surface area (Å²) >= 11 is 0. The highest BCUT2D eigenvalue weighted by molar-refractivity contribution is 6.08. The Kier molecular flexibility index (Phi) is 8.96. The summed E-state index contributed by atoms with van der Waals surface area (Å²) in [5.74, 6) is -1.31. The molecule has 0 bridgehead atoms. The second kappa shape index (κ2) is 12.8. The SMILES string of the molecule is CC[C@H](C)[C@H](NC(=O)Cc1ccccc1)C(=O)N[C@H]1CCc2cccc3c2N(C1=O)[C@H](C(=O)NCC1CNNN1)C3. The Hall–Kier alpha value is -3.80. The van der Waals surface area contributed by atoms with E-state index in [1.165, 1.54) is 0 Å². The minimum Gasteiger partial charge on any atom is -0.353 e. The van der Waals surface area contributed by atoms with Crippen molar-refractivity contribution in [2.24, 2.45) is 5.92 Å². The van der Waals surface area contributed by atoms with Gasteiger partial charge in [0, 0.05) is 19.5 Å². The lowest BCUT2D eigenvalue weighted by atomic mass is 9.96. The van der Waals surface area contributed by atoms with E-state index in [4.69, 9.17) is 0 Å². The molecular formula is C30H39N7O4. The number of hydrazine groups is 2. The molecule has 1 unspecified atom stereocenters. The van der Waals surface area contributed by atoms with Crippen LogP contribution in [0, 0.1) is 5.92 Å². The number of carbonyl (C=O) groups excluding carboxylic acids is 4. The number of nitrogens with zero attached hydrogens (tertiary/aromatic N) is 1. The minimum atomic E-state index is -0.821. The van der Waals surface area contributed by atoms with Crippen LogP contribution in [0.15, 0.2) is 48.5 Å². The van der Waals surface area contributed by atoms with Crippen molar-refractivity contribution in [3.05, 3.63) is 65.2 Å². The Labute approximate surface area is 240 Å². The van der Waals surface area contributed by atoms with E-state index >= 15 is 0 Å². The molecule has 11 heteroatoms. The number of hydrogen-bond acceptors (Lipinski definition) is 7. The van der Waals surface area contributed by atoms with Crippen LogP contribution in [0.25, 0.3) is 0 Å². The predicted octanol–water partition coefficient (Wildman–Crippen LogP) is 0.246. The highest BCUT2D eigenvalue weighted by Crippen LogP contribution is 2.39. The Morgan fingerprint density at radius 1 is 1.07 bits per heavy atom. The van der Waals surface area contributed by atoms with Crippen molar-refractivity contribution in [1.29, 1.82) is 0 Å². The van der Waals surface area contributed by atoms with Crippen molar-refractivity contribution in [2.45, 2.75) is 70.1 Å². The van der Waals surface area contributed by atoms with E-state index < -0.39 is 24.0 Å². The van der Waals surface area contributed by atoms with Gasteiger partial charge in [-0.05, 0) is 35.4 Å². The fourth-order valence-electron chi connectivity index (χ4n) is 5.79. The third kappa shape index (κ3) is 6.42. The molecule has 4 amide bonds. The number of carbonyl (C=O) groups is 4. The molecule has 5 rings (SSSR count). The molecule has 3 aliphatic rings. The fourth-order valence-corrected chi connectivity index (χ4v) is 5.79. The molecular weight excluding hydrogens is 522 g/mol.